The molecule has 0 saturated carbocycles. The Bertz CT molecular complexity index is 1750. The number of carbonyl (C=O) groups excluding carboxylic acids is 3. The number of carbonyl (C=O) groups is 3. The minimum absolute atomic E-state index is 0.163. The summed E-state index contributed by atoms with van der Waals surface area (Å²) in [6.45, 7) is 6.35. The zero-order valence-electron chi connectivity index (χ0n) is 25.6. The van der Waals surface area contributed by atoms with Crippen LogP contribution in [-0.2, 0) is 6.54 Å². The number of methoxy groups -OCH3 is 1. The van der Waals surface area contributed by atoms with Crippen LogP contribution in [0.3, 0.4) is 0 Å². The molecule has 10 heteroatoms. The van der Waals surface area contributed by atoms with E-state index in [2.05, 4.69) is 32.3 Å². The fourth-order valence-corrected chi connectivity index (χ4v) is 5.30. The number of allylic oxidation sites excluding steroid dienone is 1. The summed E-state index contributed by atoms with van der Waals surface area (Å²) < 4.78 is 13.6. The van der Waals surface area contributed by atoms with Gasteiger partial charge in [-0.15, -0.1) is 0 Å². The van der Waals surface area contributed by atoms with Gasteiger partial charge in [0.2, 0.25) is 5.78 Å². The number of aromatic nitrogens is 1. The predicted molar refractivity (Wildman–Crippen MR) is 173 cm³/mol. The molecule has 4 aromatic rings. The number of aryl methyl sites for hydroxylation is 1. The van der Waals surface area contributed by atoms with Gasteiger partial charge in [0.1, 0.15) is 11.5 Å². The molecule has 228 valence electrons. The molecular weight excluding hydrogens is 558 g/mol. The maximum Gasteiger partial charge on any atom is 0.323 e. The Balaban J connectivity index is 1.25. The first-order chi connectivity index (χ1) is 21.2. The molecule has 1 aliphatic heterocycles. The Morgan fingerprint density at radius 1 is 1.00 bits per heavy atom. The number of ether oxygens (including phenoxy) is 2. The van der Waals surface area contributed by atoms with Crippen LogP contribution in [0.25, 0.3) is 17.0 Å². The molecule has 0 spiro atoms. The van der Waals surface area contributed by atoms with Gasteiger partial charge in [-0.1, -0.05) is 0 Å². The van der Waals surface area contributed by atoms with Crippen molar-refractivity contribution in [2.45, 2.75) is 26.8 Å². The lowest BCUT2D eigenvalue weighted by atomic mass is 10.1. The van der Waals surface area contributed by atoms with Crippen molar-refractivity contribution in [2.24, 2.45) is 0 Å². The summed E-state index contributed by atoms with van der Waals surface area (Å²) in [5.74, 6) is 0.944. The van der Waals surface area contributed by atoms with Gasteiger partial charge in [0.05, 0.1) is 12.7 Å². The number of fused-ring (bicyclic) bond motifs is 2. The van der Waals surface area contributed by atoms with Crippen LogP contribution in [0.2, 0.25) is 0 Å². The molecular formula is C34H37N5O5. The summed E-state index contributed by atoms with van der Waals surface area (Å²) in [5.41, 5.74) is 4.80. The summed E-state index contributed by atoms with van der Waals surface area (Å²) in [6, 6.07) is 17.0. The van der Waals surface area contributed by atoms with Gasteiger partial charge in [0, 0.05) is 52.2 Å². The van der Waals surface area contributed by atoms with Crippen LogP contribution in [0.5, 0.6) is 11.5 Å². The third kappa shape index (κ3) is 6.45. The van der Waals surface area contributed by atoms with E-state index in [1.807, 2.05) is 39.2 Å². The quantitative estimate of drug-likeness (QED) is 0.155. The summed E-state index contributed by atoms with van der Waals surface area (Å²) in [7, 11) is 5.60. The highest BCUT2D eigenvalue weighted by Crippen LogP contribution is 2.36. The Labute approximate surface area is 256 Å². The van der Waals surface area contributed by atoms with E-state index < -0.39 is 6.03 Å². The molecule has 1 aliphatic rings. The van der Waals surface area contributed by atoms with Crippen molar-refractivity contribution >= 4 is 46.1 Å². The molecule has 0 bridgehead atoms. The standard InChI is InChI=1S/C34H37N5O5/c1-6-39-21(2)26(27-19-25(43-5)13-14-29(27)39)20-31-32(40)28-18-24(12-15-30(28)44-31)37-34(42)36-23-10-8-22(9-11-23)33(41)35-16-7-17-38(3)4/h8-15,18-20H,6-7,16-17H2,1-5H3,(H,35,41)(H2,36,37,42). The molecule has 0 fully saturated rings. The van der Waals surface area contributed by atoms with Crippen LogP contribution < -0.4 is 25.4 Å². The van der Waals surface area contributed by atoms with Crippen LogP contribution in [0.1, 0.15) is 45.3 Å². The van der Waals surface area contributed by atoms with Gasteiger partial charge >= 0.3 is 6.03 Å². The first kappa shape index (κ1) is 30.4. The summed E-state index contributed by atoms with van der Waals surface area (Å²) in [4.78, 5) is 40.5. The number of amides is 3. The zero-order chi connectivity index (χ0) is 31.4. The summed E-state index contributed by atoms with van der Waals surface area (Å²) in [5, 5.41) is 9.38. The van der Waals surface area contributed by atoms with Crippen molar-refractivity contribution in [2.75, 3.05) is 44.9 Å². The minimum Gasteiger partial charge on any atom is -0.497 e. The summed E-state index contributed by atoms with van der Waals surface area (Å²) in [6.07, 6.45) is 2.63. The lowest BCUT2D eigenvalue weighted by molar-refractivity contribution is 0.0951. The number of nitrogens with zero attached hydrogens (tertiary/aromatic N) is 2. The van der Waals surface area contributed by atoms with Gasteiger partial charge in [0.25, 0.3) is 5.91 Å². The van der Waals surface area contributed by atoms with Crippen molar-refractivity contribution < 1.29 is 23.9 Å². The second kappa shape index (κ2) is 13.0. The Kier molecular flexibility index (Phi) is 9.01. The second-order valence-electron chi connectivity index (χ2n) is 10.8. The van der Waals surface area contributed by atoms with Gasteiger partial charge in [-0.3, -0.25) is 9.59 Å². The lowest BCUT2D eigenvalue weighted by Crippen LogP contribution is -2.27. The third-order valence-corrected chi connectivity index (χ3v) is 7.57. The van der Waals surface area contributed by atoms with Gasteiger partial charge in [0.15, 0.2) is 5.76 Å². The van der Waals surface area contributed by atoms with E-state index in [1.54, 1.807) is 55.7 Å². The van der Waals surface area contributed by atoms with Crippen LogP contribution in [0.15, 0.2) is 66.4 Å². The number of rotatable bonds is 10. The van der Waals surface area contributed by atoms with Crippen molar-refractivity contribution in [3.63, 3.8) is 0 Å². The van der Waals surface area contributed by atoms with E-state index in [9.17, 15) is 14.4 Å². The molecule has 3 aromatic carbocycles. The third-order valence-electron chi connectivity index (χ3n) is 7.57. The fraction of sp³-hybridized carbons (Fsp3) is 0.265. The smallest absolute Gasteiger partial charge is 0.323 e. The molecule has 0 saturated heterocycles. The molecule has 1 aromatic heterocycles. The molecule has 10 nitrogen and oxygen atoms in total. The molecule has 0 aliphatic carbocycles. The molecule has 0 unspecified atom stereocenters. The highest BCUT2D eigenvalue weighted by Gasteiger charge is 2.29. The predicted octanol–water partition coefficient (Wildman–Crippen LogP) is 5.92. The second-order valence-corrected chi connectivity index (χ2v) is 10.8. The van der Waals surface area contributed by atoms with Gasteiger partial charge in [-0.25, -0.2) is 4.79 Å². The van der Waals surface area contributed by atoms with E-state index in [-0.39, 0.29) is 17.4 Å². The normalized spacial score (nSPS) is 13.2. The van der Waals surface area contributed by atoms with E-state index in [0.717, 1.165) is 47.4 Å². The maximum absolute atomic E-state index is 13.4. The highest BCUT2D eigenvalue weighted by atomic mass is 16.5. The number of hydrogen-bond donors (Lipinski definition) is 3. The highest BCUT2D eigenvalue weighted by molar-refractivity contribution is 6.16. The van der Waals surface area contributed by atoms with Gasteiger partial charge in [-0.2, -0.15) is 0 Å². The number of anilines is 2. The SMILES string of the molecule is CCn1c(C)c(C=C2Oc3ccc(NC(=O)Nc4ccc(C(=O)NCCCN(C)C)cc4)cc3C2=O)c2cc(OC)ccc21. The first-order valence-corrected chi connectivity index (χ1v) is 14.5. The van der Waals surface area contributed by atoms with Crippen LogP contribution >= 0.6 is 0 Å². The Morgan fingerprint density at radius 2 is 1.73 bits per heavy atom. The summed E-state index contributed by atoms with van der Waals surface area (Å²) >= 11 is 0. The van der Waals surface area contributed by atoms with Crippen molar-refractivity contribution in [3.05, 3.63) is 88.8 Å². The zero-order valence-corrected chi connectivity index (χ0v) is 25.6. The van der Waals surface area contributed by atoms with E-state index >= 15 is 0 Å². The monoisotopic (exact) mass is 595 g/mol. The number of hydrogen-bond acceptors (Lipinski definition) is 6. The number of urea groups is 1. The number of ketones is 1. The van der Waals surface area contributed by atoms with E-state index in [1.165, 1.54) is 0 Å². The van der Waals surface area contributed by atoms with Gasteiger partial charge in [-0.05, 0) is 108 Å². The van der Waals surface area contributed by atoms with Crippen molar-refractivity contribution in [3.8, 4) is 11.5 Å². The van der Waals surface area contributed by atoms with Gasteiger partial charge < -0.3 is 34.9 Å². The topological polar surface area (TPSA) is 114 Å². The number of benzene rings is 3. The van der Waals surface area contributed by atoms with E-state index in [0.29, 0.717) is 34.8 Å². The first-order valence-electron chi connectivity index (χ1n) is 14.5. The molecule has 44 heavy (non-hydrogen) atoms. The molecule has 0 radical (unpaired) electrons. The van der Waals surface area contributed by atoms with E-state index in [4.69, 9.17) is 9.47 Å². The van der Waals surface area contributed by atoms with Crippen molar-refractivity contribution in [1.29, 1.82) is 0 Å². The molecule has 5 rings (SSSR count). The number of nitrogens with one attached hydrogen (secondary N) is 3. The molecule has 3 N–H and O–H groups in total. The molecule has 3 amide bonds. The van der Waals surface area contributed by atoms with Crippen molar-refractivity contribution in [1.82, 2.24) is 14.8 Å². The minimum atomic E-state index is -0.482. The fourth-order valence-electron chi connectivity index (χ4n) is 5.30. The Morgan fingerprint density at radius 3 is 2.43 bits per heavy atom. The van der Waals surface area contributed by atoms with Crippen LogP contribution in [-0.4, -0.2) is 61.5 Å². The van der Waals surface area contributed by atoms with Crippen LogP contribution in [0.4, 0.5) is 16.2 Å². The lowest BCUT2D eigenvalue weighted by Gasteiger charge is -2.11. The molecule has 2 heterocycles. The molecule has 0 atom stereocenters. The van der Waals surface area contributed by atoms with Crippen LogP contribution in [0, 0.1) is 6.92 Å². The Hall–Kier alpha value is -5.09. The largest absolute Gasteiger partial charge is 0.497 e. The average Bonchev–Trinajstić information content (AvgIpc) is 3.46. The average molecular weight is 596 g/mol. The number of Topliss-reactive ketones (excluding diaryl/α,β-unsaturated/α-hetero) is 1. The maximum atomic E-state index is 13.4.